The summed E-state index contributed by atoms with van der Waals surface area (Å²) in [4.78, 5) is 11.4. The number of likely N-dealkylation sites (tertiary alicyclic amines) is 1. The summed E-state index contributed by atoms with van der Waals surface area (Å²) in [6.45, 7) is 3.45. The van der Waals surface area contributed by atoms with Crippen LogP contribution in [-0.4, -0.2) is 42.5 Å². The van der Waals surface area contributed by atoms with Crippen LogP contribution in [-0.2, 0) is 6.54 Å². The van der Waals surface area contributed by atoms with Crippen molar-refractivity contribution in [1.29, 1.82) is 0 Å². The van der Waals surface area contributed by atoms with Crippen LogP contribution in [0.4, 0.5) is 0 Å². The van der Waals surface area contributed by atoms with E-state index in [2.05, 4.69) is 31.6 Å². The average molecular weight is 408 g/mol. The molecule has 0 radical (unpaired) electrons. The quantitative estimate of drug-likeness (QED) is 0.458. The topological polar surface area (TPSA) is 78.8 Å². The Kier molecular flexibility index (Phi) is 6.82. The number of benzene rings is 1. The molecule has 3 aromatic rings. The van der Waals surface area contributed by atoms with E-state index < -0.39 is 0 Å². The van der Waals surface area contributed by atoms with Crippen LogP contribution in [0.5, 0.6) is 0 Å². The smallest absolute Gasteiger partial charge is 0.226 e. The van der Waals surface area contributed by atoms with Gasteiger partial charge in [0.25, 0.3) is 0 Å². The Bertz CT molecular complexity index is 914. The summed E-state index contributed by atoms with van der Waals surface area (Å²) in [5.74, 6) is 2.34. The lowest BCUT2D eigenvalue weighted by Gasteiger charge is -2.33. The maximum absolute atomic E-state index is 5.72. The van der Waals surface area contributed by atoms with Gasteiger partial charge in [0.1, 0.15) is 12.0 Å². The molecule has 1 saturated heterocycles. The zero-order valence-electron chi connectivity index (χ0n) is 17.4. The second-order valence-corrected chi connectivity index (χ2v) is 7.44. The highest BCUT2D eigenvalue weighted by atomic mass is 16.3. The van der Waals surface area contributed by atoms with Gasteiger partial charge in [-0.05, 0) is 50.2 Å². The number of rotatable bonds is 7. The Hall–Kier alpha value is -3.06. The second-order valence-electron chi connectivity index (χ2n) is 7.44. The first-order chi connectivity index (χ1) is 14.8. The normalized spacial score (nSPS) is 16.4. The molecule has 0 aliphatic carbocycles. The van der Waals surface area contributed by atoms with Crippen LogP contribution < -0.4 is 10.6 Å². The van der Waals surface area contributed by atoms with E-state index in [-0.39, 0.29) is 6.04 Å². The molecule has 1 atom stereocenters. The van der Waals surface area contributed by atoms with Crippen molar-refractivity contribution in [3.8, 4) is 11.5 Å². The van der Waals surface area contributed by atoms with Gasteiger partial charge in [-0.3, -0.25) is 9.89 Å². The molecule has 2 aromatic heterocycles. The van der Waals surface area contributed by atoms with E-state index in [4.69, 9.17) is 8.83 Å². The zero-order valence-corrected chi connectivity index (χ0v) is 17.4. The molecule has 1 aliphatic rings. The molecular weight excluding hydrogens is 378 g/mol. The second kappa shape index (κ2) is 10.1. The summed E-state index contributed by atoms with van der Waals surface area (Å²) >= 11 is 0. The van der Waals surface area contributed by atoms with E-state index in [0.717, 1.165) is 42.6 Å². The maximum atomic E-state index is 5.72. The van der Waals surface area contributed by atoms with E-state index in [0.29, 0.717) is 12.4 Å². The minimum atomic E-state index is 0.190. The minimum absolute atomic E-state index is 0.190. The lowest BCUT2D eigenvalue weighted by atomic mass is 10.1. The van der Waals surface area contributed by atoms with Gasteiger partial charge in [0.2, 0.25) is 5.89 Å². The number of aromatic nitrogens is 1. The van der Waals surface area contributed by atoms with E-state index in [9.17, 15) is 0 Å². The number of nitrogens with zero attached hydrogens (tertiary/aromatic N) is 3. The molecule has 1 unspecified atom stereocenters. The molecule has 1 fully saturated rings. The predicted molar refractivity (Wildman–Crippen MR) is 117 cm³/mol. The first-order valence-corrected chi connectivity index (χ1v) is 10.6. The predicted octanol–water partition coefficient (Wildman–Crippen LogP) is 3.83. The standard InChI is InChI=1S/C23H29N5O2/c1-24-23(25-15-19-17-30-22(27-19)18-9-4-2-5-10-18)26-16-20(21-11-8-14-29-21)28-12-6-3-7-13-28/h2,4-5,8-11,14,17,20H,3,6-7,12-13,15-16H2,1H3,(H2,24,25,26). The molecule has 0 bridgehead atoms. The van der Waals surface area contributed by atoms with Crippen molar-refractivity contribution in [2.24, 2.45) is 4.99 Å². The SMILES string of the molecule is CN=C(NCc1coc(-c2ccccc2)n1)NCC(c1ccco1)N1CCCCC1. The highest BCUT2D eigenvalue weighted by molar-refractivity contribution is 5.79. The van der Waals surface area contributed by atoms with Crippen molar-refractivity contribution in [3.05, 3.63) is 66.4 Å². The average Bonchev–Trinajstić information content (AvgIpc) is 3.50. The van der Waals surface area contributed by atoms with Gasteiger partial charge in [-0.2, -0.15) is 0 Å². The van der Waals surface area contributed by atoms with Crippen LogP contribution in [0.15, 0.2) is 68.8 Å². The number of hydrogen-bond acceptors (Lipinski definition) is 5. The van der Waals surface area contributed by atoms with Crippen molar-refractivity contribution in [2.45, 2.75) is 31.8 Å². The Morgan fingerprint density at radius 1 is 1.07 bits per heavy atom. The summed E-state index contributed by atoms with van der Waals surface area (Å²) in [6, 6.07) is 14.1. The molecule has 0 spiro atoms. The van der Waals surface area contributed by atoms with Crippen molar-refractivity contribution >= 4 is 5.96 Å². The summed E-state index contributed by atoms with van der Waals surface area (Å²) in [6.07, 6.45) is 7.21. The third-order valence-electron chi connectivity index (χ3n) is 5.40. The highest BCUT2D eigenvalue weighted by Gasteiger charge is 2.24. The van der Waals surface area contributed by atoms with Gasteiger partial charge < -0.3 is 19.5 Å². The first-order valence-electron chi connectivity index (χ1n) is 10.6. The number of aliphatic imine (C=N–C) groups is 1. The fourth-order valence-electron chi connectivity index (χ4n) is 3.81. The largest absolute Gasteiger partial charge is 0.468 e. The molecule has 0 amide bonds. The van der Waals surface area contributed by atoms with Gasteiger partial charge in [0.05, 0.1) is 24.5 Å². The van der Waals surface area contributed by atoms with Gasteiger partial charge in [-0.1, -0.05) is 24.6 Å². The van der Waals surface area contributed by atoms with Crippen LogP contribution in [0.2, 0.25) is 0 Å². The molecule has 30 heavy (non-hydrogen) atoms. The Morgan fingerprint density at radius 2 is 1.90 bits per heavy atom. The third-order valence-corrected chi connectivity index (χ3v) is 5.40. The summed E-state index contributed by atoms with van der Waals surface area (Å²) in [5, 5.41) is 6.76. The number of piperidine rings is 1. The maximum Gasteiger partial charge on any atom is 0.226 e. The van der Waals surface area contributed by atoms with Crippen molar-refractivity contribution in [2.75, 3.05) is 26.7 Å². The lowest BCUT2D eigenvalue weighted by Crippen LogP contribution is -2.44. The summed E-state index contributed by atoms with van der Waals surface area (Å²) < 4.78 is 11.3. The number of hydrogen-bond donors (Lipinski definition) is 2. The monoisotopic (exact) mass is 407 g/mol. The fourth-order valence-corrected chi connectivity index (χ4v) is 3.81. The van der Waals surface area contributed by atoms with Gasteiger partial charge in [-0.15, -0.1) is 0 Å². The van der Waals surface area contributed by atoms with Crippen molar-refractivity contribution < 1.29 is 8.83 Å². The molecule has 7 nitrogen and oxygen atoms in total. The van der Waals surface area contributed by atoms with E-state index in [1.165, 1.54) is 19.3 Å². The van der Waals surface area contributed by atoms with Crippen LogP contribution in [0.3, 0.4) is 0 Å². The van der Waals surface area contributed by atoms with Crippen LogP contribution in [0, 0.1) is 0 Å². The molecule has 3 heterocycles. The van der Waals surface area contributed by atoms with Gasteiger partial charge >= 0.3 is 0 Å². The van der Waals surface area contributed by atoms with Crippen molar-refractivity contribution in [1.82, 2.24) is 20.5 Å². The zero-order chi connectivity index (χ0) is 20.6. The number of furan rings is 1. The van der Waals surface area contributed by atoms with Crippen molar-refractivity contribution in [3.63, 3.8) is 0 Å². The summed E-state index contributed by atoms with van der Waals surface area (Å²) in [5.41, 5.74) is 1.80. The van der Waals surface area contributed by atoms with E-state index in [1.54, 1.807) is 19.6 Å². The van der Waals surface area contributed by atoms with Gasteiger partial charge in [-0.25, -0.2) is 4.98 Å². The van der Waals surface area contributed by atoms with Crippen LogP contribution in [0.25, 0.3) is 11.5 Å². The molecule has 1 aromatic carbocycles. The lowest BCUT2D eigenvalue weighted by molar-refractivity contribution is 0.146. The number of nitrogens with one attached hydrogen (secondary N) is 2. The fraction of sp³-hybridized carbons (Fsp3) is 0.391. The van der Waals surface area contributed by atoms with Crippen LogP contribution >= 0.6 is 0 Å². The Balaban J connectivity index is 1.33. The Morgan fingerprint density at radius 3 is 2.63 bits per heavy atom. The van der Waals surface area contributed by atoms with Gasteiger partial charge in [0, 0.05) is 19.2 Å². The number of guanidine groups is 1. The van der Waals surface area contributed by atoms with E-state index in [1.807, 2.05) is 36.4 Å². The molecule has 0 saturated carbocycles. The Labute approximate surface area is 177 Å². The molecule has 158 valence electrons. The summed E-state index contributed by atoms with van der Waals surface area (Å²) in [7, 11) is 1.77. The molecule has 1 aliphatic heterocycles. The minimum Gasteiger partial charge on any atom is -0.468 e. The first kappa shape index (κ1) is 20.2. The van der Waals surface area contributed by atoms with Crippen LogP contribution in [0.1, 0.15) is 36.8 Å². The van der Waals surface area contributed by atoms with E-state index >= 15 is 0 Å². The third kappa shape index (κ3) is 5.10. The molecule has 7 heteroatoms. The molecular formula is C23H29N5O2. The van der Waals surface area contributed by atoms with Gasteiger partial charge in [0.15, 0.2) is 5.96 Å². The molecule has 4 rings (SSSR count). The number of oxazole rings is 1. The molecule has 2 N–H and O–H groups in total. The highest BCUT2D eigenvalue weighted by Crippen LogP contribution is 2.24.